The van der Waals surface area contributed by atoms with Crippen LogP contribution >= 0.6 is 7.81 Å². The number of halogens is 7. The van der Waals surface area contributed by atoms with Gasteiger partial charge in [0.05, 0.1) is 0 Å². The van der Waals surface area contributed by atoms with E-state index in [0.717, 1.165) is 5.92 Å². The van der Waals surface area contributed by atoms with Gasteiger partial charge in [0.25, 0.3) is 22.6 Å². The van der Waals surface area contributed by atoms with Crippen LogP contribution in [0.2, 0.25) is 0 Å². The van der Waals surface area contributed by atoms with Crippen LogP contribution in [0, 0.1) is 5.92 Å². The van der Waals surface area contributed by atoms with Crippen molar-refractivity contribution in [3.63, 3.8) is 0 Å². The molecule has 0 atom stereocenters. The summed E-state index contributed by atoms with van der Waals surface area (Å²) in [5.74, 6) is 0.901. The standard InChI is InChI=1S/C5H12I.F6P/c1-5(2)3-4-6;1-7(2,3,4,5)6/h5-6H,3-4H2,1-2H3;/q+1;-1. The first kappa shape index (κ1) is 16.2. The van der Waals surface area contributed by atoms with E-state index in [1.54, 1.807) is 0 Å². The van der Waals surface area contributed by atoms with Crippen molar-refractivity contribution in [1.82, 2.24) is 0 Å². The third-order valence-electron chi connectivity index (χ3n) is 0.695. The molecule has 0 spiro atoms. The molecule has 0 saturated carbocycles. The van der Waals surface area contributed by atoms with E-state index in [1.807, 2.05) is 0 Å². The van der Waals surface area contributed by atoms with E-state index >= 15 is 0 Å². The third kappa shape index (κ3) is 105. The predicted octanol–water partition coefficient (Wildman–Crippen LogP) is 1.70. The Morgan fingerprint density at radius 2 is 1.23 bits per heavy atom. The molecule has 0 aliphatic rings. The molecule has 0 aromatic carbocycles. The van der Waals surface area contributed by atoms with E-state index in [9.17, 15) is 25.2 Å². The van der Waals surface area contributed by atoms with Crippen LogP contribution in [0.4, 0.5) is 25.2 Å². The van der Waals surface area contributed by atoms with Gasteiger partial charge >= 0.3 is 33.0 Å². The van der Waals surface area contributed by atoms with E-state index < -0.39 is 7.81 Å². The molecule has 0 unspecified atom stereocenters. The molecule has 0 fully saturated rings. The van der Waals surface area contributed by atoms with Gasteiger partial charge in [-0.15, -0.1) is 0 Å². The fraction of sp³-hybridized carbons (Fsp3) is 1.00. The van der Waals surface area contributed by atoms with Crippen molar-refractivity contribution in [3.05, 3.63) is 0 Å². The summed E-state index contributed by atoms with van der Waals surface area (Å²) < 4.78 is 60.5. The van der Waals surface area contributed by atoms with Crippen LogP contribution in [0.1, 0.15) is 20.3 Å². The van der Waals surface area contributed by atoms with Gasteiger partial charge in [-0.05, 0) is 12.3 Å². The maximum atomic E-state index is 9.87. The summed E-state index contributed by atoms with van der Waals surface area (Å²) in [5.41, 5.74) is 0. The summed E-state index contributed by atoms with van der Waals surface area (Å²) in [4.78, 5) is 0. The normalized spacial score (nSPS) is 17.1. The molecule has 0 bridgehead atoms. The van der Waals surface area contributed by atoms with Crippen molar-refractivity contribution >= 4 is 7.81 Å². The Kier molecular flexibility index (Phi) is 5.08. The van der Waals surface area contributed by atoms with E-state index in [2.05, 4.69) is 36.4 Å². The van der Waals surface area contributed by atoms with Crippen LogP contribution < -0.4 is 22.6 Å². The van der Waals surface area contributed by atoms with Crippen molar-refractivity contribution < 1.29 is 47.8 Å². The van der Waals surface area contributed by atoms with E-state index in [-0.39, 0.29) is 0 Å². The topological polar surface area (TPSA) is 0 Å². The van der Waals surface area contributed by atoms with Gasteiger partial charge in [-0.1, -0.05) is 13.8 Å². The Bertz CT molecular complexity index is 133. The van der Waals surface area contributed by atoms with Crippen LogP contribution in [0.5, 0.6) is 0 Å². The van der Waals surface area contributed by atoms with Crippen LogP contribution in [0.25, 0.3) is 0 Å². The van der Waals surface area contributed by atoms with Gasteiger partial charge in [-0.25, -0.2) is 0 Å². The minimum absolute atomic E-state index is 0.901. The van der Waals surface area contributed by atoms with Crippen molar-refractivity contribution in [1.29, 1.82) is 0 Å². The van der Waals surface area contributed by atoms with Gasteiger partial charge < -0.3 is 0 Å². The van der Waals surface area contributed by atoms with E-state index in [4.69, 9.17) is 0 Å². The van der Waals surface area contributed by atoms with Gasteiger partial charge in [-0.2, -0.15) is 0 Å². The SMILES string of the molecule is CC(C)CC[IH+].F[P-](F)(F)(F)(F)F. The zero-order valence-electron chi connectivity index (χ0n) is 7.11. The van der Waals surface area contributed by atoms with Crippen molar-refractivity contribution in [3.8, 4) is 0 Å². The fourth-order valence-electron chi connectivity index (χ4n) is 0.236. The number of rotatable bonds is 2. The predicted molar refractivity (Wildman–Crippen MR) is 39.3 cm³/mol. The van der Waals surface area contributed by atoms with Gasteiger partial charge in [0.2, 0.25) is 0 Å². The Labute approximate surface area is 86.4 Å². The van der Waals surface area contributed by atoms with Crippen molar-refractivity contribution in [2.24, 2.45) is 5.92 Å². The number of hydrogen-bond donors (Lipinski definition) is 0. The van der Waals surface area contributed by atoms with E-state index in [0.29, 0.717) is 0 Å². The Morgan fingerprint density at radius 3 is 1.23 bits per heavy atom. The summed E-state index contributed by atoms with van der Waals surface area (Å²) in [5, 5.41) is 0. The molecule has 0 saturated heterocycles. The molecule has 8 heteroatoms. The molecule has 0 nitrogen and oxygen atoms in total. The van der Waals surface area contributed by atoms with Crippen LogP contribution in [0.3, 0.4) is 0 Å². The van der Waals surface area contributed by atoms with Crippen LogP contribution in [0.15, 0.2) is 0 Å². The average Bonchev–Trinajstić information content (AvgIpc) is 1.53. The second-order valence-electron chi connectivity index (χ2n) is 2.84. The molecule has 0 aliphatic carbocycles. The second kappa shape index (κ2) is 4.08. The zero-order chi connectivity index (χ0) is 11.4. The third-order valence-corrected chi connectivity index (χ3v) is 1.37. The average molecular weight is 344 g/mol. The zero-order valence-corrected chi connectivity index (χ0v) is 10.3. The summed E-state index contributed by atoms with van der Waals surface area (Å²) >= 11 is 2.16. The van der Waals surface area contributed by atoms with Gasteiger partial charge in [-0.3, -0.25) is 0 Å². The summed E-state index contributed by atoms with van der Waals surface area (Å²) in [6.07, 6.45) is 1.38. The molecule has 0 amide bonds. The molecular weight excluding hydrogens is 332 g/mol. The first-order valence-corrected chi connectivity index (χ1v) is 7.04. The van der Waals surface area contributed by atoms with Gasteiger partial charge in [0.1, 0.15) is 4.43 Å². The molecule has 86 valence electrons. The summed E-state index contributed by atoms with van der Waals surface area (Å²) in [7, 11) is -10.7. The molecule has 0 aromatic heterocycles. The van der Waals surface area contributed by atoms with E-state index in [1.165, 1.54) is 10.8 Å². The molecule has 0 heterocycles. The monoisotopic (exact) mass is 344 g/mol. The summed E-state index contributed by atoms with van der Waals surface area (Å²) in [6.45, 7) is 4.51. The minimum atomic E-state index is -10.7. The Morgan fingerprint density at radius 1 is 1.00 bits per heavy atom. The molecule has 0 aliphatic heterocycles. The van der Waals surface area contributed by atoms with Gasteiger partial charge in [0, 0.05) is 0 Å². The molecule has 13 heavy (non-hydrogen) atoms. The molecule has 0 radical (unpaired) electrons. The Balaban J connectivity index is 0. The first-order valence-electron chi connectivity index (χ1n) is 3.37. The quantitative estimate of drug-likeness (QED) is 0.310. The van der Waals surface area contributed by atoms with Crippen LogP contribution in [-0.4, -0.2) is 4.43 Å². The fourth-order valence-corrected chi connectivity index (χ4v) is 1.58. The maximum absolute atomic E-state index is 10.7. The van der Waals surface area contributed by atoms with Gasteiger partial charge in [0.15, 0.2) is 0 Å². The first-order chi connectivity index (χ1) is 5.22. The summed E-state index contributed by atoms with van der Waals surface area (Å²) in [6, 6.07) is 0. The molecule has 0 aromatic rings. The Hall–Kier alpha value is 0.740. The second-order valence-corrected chi connectivity index (χ2v) is 5.93. The van der Waals surface area contributed by atoms with Crippen molar-refractivity contribution in [2.75, 3.05) is 4.43 Å². The number of alkyl halides is 1. The molecule has 0 rings (SSSR count). The molecular formula is C5H12F6IP. The van der Waals surface area contributed by atoms with Crippen molar-refractivity contribution in [2.45, 2.75) is 20.3 Å². The van der Waals surface area contributed by atoms with Crippen LogP contribution in [-0.2, 0) is 0 Å². The molecule has 0 N–H and O–H groups in total. The number of hydrogen-bond acceptors (Lipinski definition) is 0.